The lowest BCUT2D eigenvalue weighted by atomic mass is 10.1. The highest BCUT2D eigenvalue weighted by Gasteiger charge is 2.14. The average molecular weight is 385 g/mol. The first-order valence-corrected chi connectivity index (χ1v) is 8.22. The Morgan fingerprint density at radius 1 is 0.852 bits per heavy atom. The molecule has 0 aliphatic carbocycles. The molecule has 0 amide bonds. The van der Waals surface area contributed by atoms with Crippen LogP contribution in [-0.2, 0) is 4.74 Å². The van der Waals surface area contributed by atoms with Crippen LogP contribution in [-0.4, -0.2) is 24.3 Å². The van der Waals surface area contributed by atoms with Crippen molar-refractivity contribution in [2.75, 3.05) is 6.61 Å². The van der Waals surface area contributed by atoms with Gasteiger partial charge < -0.3 is 13.9 Å². The Morgan fingerprint density at radius 2 is 1.52 bits per heavy atom. The molecule has 0 unspecified atom stereocenters. The van der Waals surface area contributed by atoms with Crippen LogP contribution in [0.5, 0.6) is 5.75 Å². The summed E-state index contributed by atoms with van der Waals surface area (Å²) in [4.78, 5) is 35.8. The molecule has 0 atom stereocenters. The van der Waals surface area contributed by atoms with Crippen molar-refractivity contribution in [3.63, 3.8) is 0 Å². The maximum atomic E-state index is 12.1. The number of carbonyl (C=O) groups is 3. The SMILES string of the molecule is O=C(COC(=O)c1ccc(Cl)cc1)c1ccc(OC(=O)c2ccco2)cc1. The van der Waals surface area contributed by atoms with Crippen LogP contribution in [0.4, 0.5) is 0 Å². The van der Waals surface area contributed by atoms with Crippen LogP contribution in [0.2, 0.25) is 5.02 Å². The summed E-state index contributed by atoms with van der Waals surface area (Å²) in [5.41, 5.74) is 0.615. The number of benzene rings is 2. The summed E-state index contributed by atoms with van der Waals surface area (Å²) < 4.78 is 15.1. The fourth-order valence-electron chi connectivity index (χ4n) is 2.14. The minimum absolute atomic E-state index is 0.0734. The first kappa shape index (κ1) is 18.4. The van der Waals surface area contributed by atoms with Crippen molar-refractivity contribution in [2.24, 2.45) is 0 Å². The minimum Gasteiger partial charge on any atom is -0.457 e. The van der Waals surface area contributed by atoms with Crippen molar-refractivity contribution >= 4 is 29.3 Å². The van der Waals surface area contributed by atoms with Gasteiger partial charge in [-0.05, 0) is 60.7 Å². The Balaban J connectivity index is 1.55. The third-order valence-corrected chi connectivity index (χ3v) is 3.78. The number of Topliss-reactive ketones (excluding diaryl/α,β-unsaturated/α-hetero) is 1. The molecule has 0 saturated carbocycles. The molecule has 3 aromatic rings. The normalized spacial score (nSPS) is 10.3. The van der Waals surface area contributed by atoms with E-state index in [-0.39, 0.29) is 17.3 Å². The zero-order valence-corrected chi connectivity index (χ0v) is 14.6. The maximum Gasteiger partial charge on any atom is 0.379 e. The van der Waals surface area contributed by atoms with Crippen LogP contribution in [0.3, 0.4) is 0 Å². The van der Waals surface area contributed by atoms with Crippen LogP contribution < -0.4 is 4.74 Å². The van der Waals surface area contributed by atoms with Crippen LogP contribution in [0.25, 0.3) is 0 Å². The standard InChI is InChI=1S/C20H13ClO6/c21-15-7-3-14(4-8-15)19(23)26-12-17(22)13-5-9-16(10-6-13)27-20(24)18-2-1-11-25-18/h1-11H,12H2. The lowest BCUT2D eigenvalue weighted by Crippen LogP contribution is -2.14. The predicted molar refractivity (Wildman–Crippen MR) is 96.2 cm³/mol. The fraction of sp³-hybridized carbons (Fsp3) is 0.0500. The van der Waals surface area contributed by atoms with Gasteiger partial charge >= 0.3 is 11.9 Å². The molecule has 2 aromatic carbocycles. The first-order valence-electron chi connectivity index (χ1n) is 7.84. The molecular weight excluding hydrogens is 372 g/mol. The molecule has 0 spiro atoms. The Hall–Kier alpha value is -3.38. The second-order valence-corrected chi connectivity index (χ2v) is 5.83. The summed E-state index contributed by atoms with van der Waals surface area (Å²) in [6.07, 6.45) is 1.36. The second kappa shape index (κ2) is 8.33. The lowest BCUT2D eigenvalue weighted by molar-refractivity contribution is 0.0474. The number of hydrogen-bond donors (Lipinski definition) is 0. The van der Waals surface area contributed by atoms with Gasteiger partial charge in [0.25, 0.3) is 0 Å². The van der Waals surface area contributed by atoms with Crippen molar-refractivity contribution < 1.29 is 28.3 Å². The number of ketones is 1. The van der Waals surface area contributed by atoms with E-state index in [1.165, 1.54) is 48.7 Å². The predicted octanol–water partition coefficient (Wildman–Crippen LogP) is 4.19. The number of hydrogen-bond acceptors (Lipinski definition) is 6. The molecule has 0 aliphatic rings. The van der Waals surface area contributed by atoms with Gasteiger partial charge in [-0.2, -0.15) is 0 Å². The van der Waals surface area contributed by atoms with Gasteiger partial charge in [-0.25, -0.2) is 9.59 Å². The smallest absolute Gasteiger partial charge is 0.379 e. The number of rotatable bonds is 6. The minimum atomic E-state index is -0.643. The molecule has 0 N–H and O–H groups in total. The molecule has 7 heteroatoms. The van der Waals surface area contributed by atoms with E-state index in [9.17, 15) is 14.4 Å². The van der Waals surface area contributed by atoms with E-state index >= 15 is 0 Å². The number of esters is 2. The van der Waals surface area contributed by atoms with Crippen molar-refractivity contribution in [1.82, 2.24) is 0 Å². The van der Waals surface area contributed by atoms with Gasteiger partial charge in [0.1, 0.15) is 5.75 Å². The molecule has 6 nitrogen and oxygen atoms in total. The van der Waals surface area contributed by atoms with Gasteiger partial charge in [-0.15, -0.1) is 0 Å². The largest absolute Gasteiger partial charge is 0.457 e. The Labute approximate surface area is 159 Å². The van der Waals surface area contributed by atoms with Crippen molar-refractivity contribution in [2.45, 2.75) is 0 Å². The molecule has 0 aliphatic heterocycles. The van der Waals surface area contributed by atoms with Crippen LogP contribution in [0.15, 0.2) is 71.3 Å². The quantitative estimate of drug-likeness (QED) is 0.360. The van der Waals surface area contributed by atoms with E-state index in [0.29, 0.717) is 16.1 Å². The van der Waals surface area contributed by atoms with E-state index in [1.807, 2.05) is 0 Å². The van der Waals surface area contributed by atoms with E-state index in [4.69, 9.17) is 25.5 Å². The summed E-state index contributed by atoms with van der Waals surface area (Å²) in [7, 11) is 0. The average Bonchev–Trinajstić information content (AvgIpc) is 3.22. The van der Waals surface area contributed by atoms with Gasteiger partial charge in [0.15, 0.2) is 12.4 Å². The second-order valence-electron chi connectivity index (χ2n) is 5.40. The molecule has 0 radical (unpaired) electrons. The highest BCUT2D eigenvalue weighted by molar-refractivity contribution is 6.30. The first-order chi connectivity index (χ1) is 13.0. The highest BCUT2D eigenvalue weighted by atomic mass is 35.5. The molecule has 1 heterocycles. The monoisotopic (exact) mass is 384 g/mol. The van der Waals surface area contributed by atoms with Crippen molar-refractivity contribution in [1.29, 1.82) is 0 Å². The van der Waals surface area contributed by atoms with E-state index < -0.39 is 18.5 Å². The topological polar surface area (TPSA) is 82.8 Å². The zero-order valence-electron chi connectivity index (χ0n) is 13.9. The molecule has 0 saturated heterocycles. The molecule has 0 fully saturated rings. The van der Waals surface area contributed by atoms with E-state index in [0.717, 1.165) is 0 Å². The zero-order chi connectivity index (χ0) is 19.2. The van der Waals surface area contributed by atoms with Crippen molar-refractivity contribution in [3.8, 4) is 5.75 Å². The molecule has 27 heavy (non-hydrogen) atoms. The van der Waals surface area contributed by atoms with Gasteiger partial charge in [-0.1, -0.05) is 11.6 Å². The molecule has 1 aromatic heterocycles. The highest BCUT2D eigenvalue weighted by Crippen LogP contribution is 2.15. The lowest BCUT2D eigenvalue weighted by Gasteiger charge is -2.06. The Morgan fingerprint density at radius 3 is 2.15 bits per heavy atom. The van der Waals surface area contributed by atoms with E-state index in [1.54, 1.807) is 18.2 Å². The third kappa shape index (κ3) is 4.83. The van der Waals surface area contributed by atoms with Crippen LogP contribution in [0, 0.1) is 0 Å². The van der Waals surface area contributed by atoms with Gasteiger partial charge in [0.05, 0.1) is 11.8 Å². The van der Waals surface area contributed by atoms with Gasteiger partial charge in [-0.3, -0.25) is 4.79 Å². The number of furan rings is 1. The van der Waals surface area contributed by atoms with Crippen LogP contribution >= 0.6 is 11.6 Å². The summed E-state index contributed by atoms with van der Waals surface area (Å²) in [5, 5.41) is 0.496. The number of carbonyl (C=O) groups excluding carboxylic acids is 3. The van der Waals surface area contributed by atoms with Gasteiger partial charge in [0.2, 0.25) is 5.76 Å². The third-order valence-electron chi connectivity index (χ3n) is 3.52. The Kier molecular flexibility index (Phi) is 5.68. The Bertz CT molecular complexity index is 943. The summed E-state index contributed by atoms with van der Waals surface area (Å²) in [6.45, 7) is -0.410. The van der Waals surface area contributed by atoms with Crippen LogP contribution in [0.1, 0.15) is 31.3 Å². The molecular formula is C20H13ClO6. The molecule has 136 valence electrons. The maximum absolute atomic E-state index is 12.1. The number of ether oxygens (including phenoxy) is 2. The number of halogens is 1. The summed E-state index contributed by atoms with van der Waals surface area (Å²) in [5.74, 6) is -1.32. The van der Waals surface area contributed by atoms with E-state index in [2.05, 4.69) is 0 Å². The molecule has 3 rings (SSSR count). The summed E-state index contributed by atoms with van der Waals surface area (Å²) >= 11 is 5.75. The molecule has 0 bridgehead atoms. The van der Waals surface area contributed by atoms with Crippen molar-refractivity contribution in [3.05, 3.63) is 88.8 Å². The van der Waals surface area contributed by atoms with Gasteiger partial charge in [0, 0.05) is 10.6 Å². The summed E-state index contributed by atoms with van der Waals surface area (Å²) in [6, 6.07) is 15.1. The fourth-order valence-corrected chi connectivity index (χ4v) is 2.27.